The first kappa shape index (κ1) is 19.2. The van der Waals surface area contributed by atoms with Gasteiger partial charge in [-0.25, -0.2) is 9.18 Å². The van der Waals surface area contributed by atoms with Gasteiger partial charge in [0.25, 0.3) is 5.91 Å². The highest BCUT2D eigenvalue weighted by atomic mass is 19.1. The largest absolute Gasteiger partial charge is 0.443 e. The number of nitrogens with zero attached hydrogens (tertiary/aromatic N) is 2. The number of pyridine rings is 1. The van der Waals surface area contributed by atoms with E-state index in [4.69, 9.17) is 10.5 Å². The predicted molar refractivity (Wildman–Crippen MR) is 96.6 cm³/mol. The molecule has 0 radical (unpaired) electrons. The van der Waals surface area contributed by atoms with Crippen LogP contribution in [0.5, 0.6) is 0 Å². The number of nitrogens with two attached hydrogens (primary N) is 1. The van der Waals surface area contributed by atoms with Crippen LogP contribution in [0.15, 0.2) is 42.6 Å². The van der Waals surface area contributed by atoms with Crippen molar-refractivity contribution in [1.82, 2.24) is 15.8 Å². The topological polar surface area (TPSA) is 127 Å². The molecule has 1 aromatic carbocycles. The summed E-state index contributed by atoms with van der Waals surface area (Å²) >= 11 is 0. The number of hydrogen-bond acceptors (Lipinski definition) is 6. The summed E-state index contributed by atoms with van der Waals surface area (Å²) < 4.78 is 19.4. The van der Waals surface area contributed by atoms with Crippen molar-refractivity contribution in [3.05, 3.63) is 59.7 Å². The Balaban J connectivity index is 1.60. The Morgan fingerprint density at radius 2 is 2.11 bits per heavy atom. The van der Waals surface area contributed by atoms with Crippen LogP contribution in [-0.2, 0) is 16.0 Å². The first-order valence-electron chi connectivity index (χ1n) is 8.44. The second-order valence-corrected chi connectivity index (χ2v) is 6.02. The number of hydrogen-bond donors (Lipinski definition) is 3. The number of anilines is 1. The van der Waals surface area contributed by atoms with Crippen LogP contribution in [0.25, 0.3) is 0 Å². The van der Waals surface area contributed by atoms with Gasteiger partial charge in [0.05, 0.1) is 24.2 Å². The van der Waals surface area contributed by atoms with Gasteiger partial charge in [0.2, 0.25) is 5.91 Å². The number of rotatable bonds is 5. The fourth-order valence-electron chi connectivity index (χ4n) is 2.62. The zero-order valence-corrected chi connectivity index (χ0v) is 14.7. The van der Waals surface area contributed by atoms with Crippen molar-refractivity contribution >= 4 is 23.6 Å². The van der Waals surface area contributed by atoms with Gasteiger partial charge in [-0.05, 0) is 30.3 Å². The van der Waals surface area contributed by atoms with E-state index < -0.39 is 29.8 Å². The minimum atomic E-state index is -0.849. The van der Waals surface area contributed by atoms with Crippen molar-refractivity contribution in [3.8, 4) is 0 Å². The van der Waals surface area contributed by atoms with Crippen molar-refractivity contribution in [2.45, 2.75) is 12.5 Å². The van der Waals surface area contributed by atoms with Crippen LogP contribution < -0.4 is 21.5 Å². The molecule has 0 aliphatic carbocycles. The third-order valence-corrected chi connectivity index (χ3v) is 4.03. The molecule has 1 aromatic heterocycles. The SMILES string of the molecule is NCC1CN(c2ccc(C(=O)NNC(=O)Cc3ccccn3)c(F)c2)C(=O)O1. The molecule has 0 spiro atoms. The quantitative estimate of drug-likeness (QED) is 0.642. The molecule has 1 atom stereocenters. The fourth-order valence-corrected chi connectivity index (χ4v) is 2.62. The van der Waals surface area contributed by atoms with Crippen molar-refractivity contribution in [1.29, 1.82) is 0 Å². The standard InChI is InChI=1S/C18H18FN5O4/c19-15-8-12(24-10-13(9-20)28-18(24)27)4-5-14(15)17(26)23-22-16(25)7-11-3-1-2-6-21-11/h1-6,8,13H,7,9-10,20H2,(H,22,25)(H,23,26). The molecule has 2 heterocycles. The van der Waals surface area contributed by atoms with Crippen LogP contribution >= 0.6 is 0 Å². The summed E-state index contributed by atoms with van der Waals surface area (Å²) in [5.41, 5.74) is 10.3. The number of cyclic esters (lactones) is 1. The third kappa shape index (κ3) is 4.41. The highest BCUT2D eigenvalue weighted by molar-refractivity contribution is 5.97. The van der Waals surface area contributed by atoms with Crippen molar-refractivity contribution < 1.29 is 23.5 Å². The number of amides is 3. The Morgan fingerprint density at radius 3 is 2.75 bits per heavy atom. The van der Waals surface area contributed by atoms with E-state index in [1.54, 1.807) is 24.4 Å². The molecule has 0 bridgehead atoms. The summed E-state index contributed by atoms with van der Waals surface area (Å²) in [5, 5.41) is 0. The molecule has 28 heavy (non-hydrogen) atoms. The average Bonchev–Trinajstić information content (AvgIpc) is 3.07. The lowest BCUT2D eigenvalue weighted by Crippen LogP contribution is -2.42. The maximum Gasteiger partial charge on any atom is 0.414 e. The van der Waals surface area contributed by atoms with Gasteiger partial charge in [0, 0.05) is 18.4 Å². The Hall–Kier alpha value is -3.53. The van der Waals surface area contributed by atoms with Crippen LogP contribution in [0, 0.1) is 5.82 Å². The molecule has 9 nitrogen and oxygen atoms in total. The summed E-state index contributed by atoms with van der Waals surface area (Å²) in [6, 6.07) is 8.79. The van der Waals surface area contributed by atoms with Gasteiger partial charge in [-0.15, -0.1) is 0 Å². The lowest BCUT2D eigenvalue weighted by molar-refractivity contribution is -0.121. The number of carbonyl (C=O) groups excluding carboxylic acids is 3. The van der Waals surface area contributed by atoms with E-state index in [9.17, 15) is 18.8 Å². The number of aromatic nitrogens is 1. The zero-order chi connectivity index (χ0) is 20.1. The Morgan fingerprint density at radius 1 is 1.29 bits per heavy atom. The predicted octanol–water partition coefficient (Wildman–Crippen LogP) is 0.508. The molecule has 2 aromatic rings. The minimum absolute atomic E-state index is 0.0398. The number of nitrogens with one attached hydrogen (secondary N) is 2. The molecule has 4 N–H and O–H groups in total. The summed E-state index contributed by atoms with van der Waals surface area (Å²) in [5.74, 6) is -2.18. The maximum absolute atomic E-state index is 14.3. The van der Waals surface area contributed by atoms with Gasteiger partial charge in [0.15, 0.2) is 0 Å². The number of halogens is 1. The molecule has 3 amide bonds. The average molecular weight is 387 g/mol. The number of benzene rings is 1. The molecule has 146 valence electrons. The molecule has 1 saturated heterocycles. The zero-order valence-electron chi connectivity index (χ0n) is 14.7. The summed E-state index contributed by atoms with van der Waals surface area (Å²) in [4.78, 5) is 41.0. The van der Waals surface area contributed by atoms with E-state index in [1.807, 2.05) is 0 Å². The smallest absolute Gasteiger partial charge is 0.414 e. The van der Waals surface area contributed by atoms with Gasteiger partial charge in [0.1, 0.15) is 11.9 Å². The van der Waals surface area contributed by atoms with Crippen LogP contribution in [-0.4, -0.2) is 42.1 Å². The first-order chi connectivity index (χ1) is 13.5. The van der Waals surface area contributed by atoms with Gasteiger partial charge >= 0.3 is 6.09 Å². The molecule has 1 unspecified atom stereocenters. The molecule has 3 rings (SSSR count). The normalized spacial score (nSPS) is 15.9. The lowest BCUT2D eigenvalue weighted by atomic mass is 10.1. The second kappa shape index (κ2) is 8.44. The van der Waals surface area contributed by atoms with Gasteiger partial charge in [-0.2, -0.15) is 0 Å². The Labute approximate surface area is 159 Å². The molecule has 10 heteroatoms. The highest BCUT2D eigenvalue weighted by Gasteiger charge is 2.32. The van der Waals surface area contributed by atoms with E-state index in [0.29, 0.717) is 5.69 Å². The third-order valence-electron chi connectivity index (χ3n) is 4.03. The summed E-state index contributed by atoms with van der Waals surface area (Å²) in [6.45, 7) is 0.354. The van der Waals surface area contributed by atoms with Crippen LogP contribution in [0.2, 0.25) is 0 Å². The minimum Gasteiger partial charge on any atom is -0.443 e. The number of carbonyl (C=O) groups is 3. The Bertz CT molecular complexity index is 893. The van der Waals surface area contributed by atoms with Gasteiger partial charge in [-0.1, -0.05) is 6.07 Å². The maximum atomic E-state index is 14.3. The van der Waals surface area contributed by atoms with Crippen LogP contribution in [0.3, 0.4) is 0 Å². The van der Waals surface area contributed by atoms with Gasteiger partial charge in [-0.3, -0.25) is 30.3 Å². The van der Waals surface area contributed by atoms with Crippen molar-refractivity contribution in [2.75, 3.05) is 18.0 Å². The summed E-state index contributed by atoms with van der Waals surface area (Å²) in [7, 11) is 0. The van der Waals surface area contributed by atoms with E-state index in [2.05, 4.69) is 15.8 Å². The first-order valence-corrected chi connectivity index (χ1v) is 8.44. The monoisotopic (exact) mass is 387 g/mol. The summed E-state index contributed by atoms with van der Waals surface area (Å²) in [6.07, 6.45) is 0.410. The van der Waals surface area contributed by atoms with Crippen molar-refractivity contribution in [2.24, 2.45) is 5.73 Å². The van der Waals surface area contributed by atoms with Gasteiger partial charge < -0.3 is 10.5 Å². The highest BCUT2D eigenvalue weighted by Crippen LogP contribution is 2.23. The Kier molecular flexibility index (Phi) is 5.80. The number of ether oxygens (including phenoxy) is 1. The molecular weight excluding hydrogens is 369 g/mol. The van der Waals surface area contributed by atoms with E-state index in [1.165, 1.54) is 17.0 Å². The van der Waals surface area contributed by atoms with E-state index >= 15 is 0 Å². The molecule has 1 fully saturated rings. The van der Waals surface area contributed by atoms with Crippen LogP contribution in [0.1, 0.15) is 16.1 Å². The molecule has 1 aliphatic heterocycles. The van der Waals surface area contributed by atoms with Crippen molar-refractivity contribution in [3.63, 3.8) is 0 Å². The molecular formula is C18H18FN5O4. The number of hydrazine groups is 1. The second-order valence-electron chi connectivity index (χ2n) is 6.02. The van der Waals surface area contributed by atoms with E-state index in [-0.39, 0.29) is 30.8 Å². The molecule has 1 aliphatic rings. The fraction of sp³-hybridized carbons (Fsp3) is 0.222. The van der Waals surface area contributed by atoms with Crippen LogP contribution in [0.4, 0.5) is 14.9 Å². The lowest BCUT2D eigenvalue weighted by Gasteiger charge is -2.14. The molecule has 0 saturated carbocycles. The van der Waals surface area contributed by atoms with E-state index in [0.717, 1.165) is 6.07 Å².